The Morgan fingerprint density at radius 1 is 1.13 bits per heavy atom. The molecule has 0 spiro atoms. The number of aromatic nitrogens is 6. The molecule has 9 nitrogen and oxygen atoms in total. The summed E-state index contributed by atoms with van der Waals surface area (Å²) in [6.07, 6.45) is 3.49. The van der Waals surface area contributed by atoms with Crippen LogP contribution < -0.4 is 10.2 Å². The molecule has 3 aromatic heterocycles. The summed E-state index contributed by atoms with van der Waals surface area (Å²) in [4.78, 5) is 10.8. The molecule has 1 saturated heterocycles. The first-order valence-corrected chi connectivity index (χ1v) is 9.95. The van der Waals surface area contributed by atoms with Crippen molar-refractivity contribution >= 4 is 17.5 Å². The second kappa shape index (κ2) is 7.85. The second-order valence-corrected chi connectivity index (χ2v) is 7.43. The maximum atomic E-state index is 6.10. The van der Waals surface area contributed by atoms with E-state index in [0.29, 0.717) is 23.3 Å². The highest BCUT2D eigenvalue weighted by atomic mass is 35.5. The van der Waals surface area contributed by atoms with Gasteiger partial charge in [-0.1, -0.05) is 28.9 Å². The van der Waals surface area contributed by atoms with Crippen LogP contribution in [0.3, 0.4) is 0 Å². The predicted octanol–water partition coefficient (Wildman–Crippen LogP) is 2.73. The van der Waals surface area contributed by atoms with E-state index in [9.17, 15) is 0 Å². The van der Waals surface area contributed by atoms with Crippen molar-refractivity contribution in [3.05, 3.63) is 59.7 Å². The fourth-order valence-corrected chi connectivity index (χ4v) is 3.79. The van der Waals surface area contributed by atoms with Gasteiger partial charge in [-0.05, 0) is 24.3 Å². The van der Waals surface area contributed by atoms with Gasteiger partial charge in [0, 0.05) is 55.2 Å². The summed E-state index contributed by atoms with van der Waals surface area (Å²) in [6, 6.07) is 11.1. The molecule has 0 amide bonds. The van der Waals surface area contributed by atoms with Crippen LogP contribution in [-0.2, 0) is 7.05 Å². The topological polar surface area (TPSA) is 97.8 Å². The number of hydrogen-bond donors (Lipinski definition) is 1. The van der Waals surface area contributed by atoms with Gasteiger partial charge in [0.05, 0.1) is 0 Å². The van der Waals surface area contributed by atoms with E-state index in [4.69, 9.17) is 16.1 Å². The molecule has 1 unspecified atom stereocenters. The van der Waals surface area contributed by atoms with Gasteiger partial charge in [0.1, 0.15) is 6.04 Å². The quantitative estimate of drug-likeness (QED) is 0.536. The summed E-state index contributed by atoms with van der Waals surface area (Å²) < 4.78 is 7.60. The maximum absolute atomic E-state index is 6.10. The van der Waals surface area contributed by atoms with Crippen molar-refractivity contribution in [1.82, 2.24) is 35.2 Å². The summed E-state index contributed by atoms with van der Waals surface area (Å²) in [6.45, 7) is 2.22. The molecule has 30 heavy (non-hydrogen) atoms. The summed E-state index contributed by atoms with van der Waals surface area (Å²) >= 11 is 6.10. The van der Waals surface area contributed by atoms with Crippen molar-refractivity contribution in [1.29, 1.82) is 0 Å². The molecule has 5 rings (SSSR count). The third-order valence-corrected chi connectivity index (χ3v) is 5.34. The fraction of sp³-hybridized carbons (Fsp3) is 0.250. The number of piperazine rings is 1. The predicted molar refractivity (Wildman–Crippen MR) is 112 cm³/mol. The van der Waals surface area contributed by atoms with Crippen LogP contribution in [0, 0.1) is 0 Å². The highest BCUT2D eigenvalue weighted by molar-refractivity contribution is 6.30. The lowest BCUT2D eigenvalue weighted by atomic mass is 10.2. The molecule has 0 saturated carbocycles. The van der Waals surface area contributed by atoms with E-state index in [0.717, 1.165) is 36.0 Å². The van der Waals surface area contributed by atoms with Gasteiger partial charge in [0.25, 0.3) is 5.89 Å². The summed E-state index contributed by atoms with van der Waals surface area (Å²) in [5.41, 5.74) is 1.77. The average Bonchev–Trinajstić information content (AvgIpc) is 3.42. The lowest BCUT2D eigenvalue weighted by Gasteiger charge is -2.34. The minimum absolute atomic E-state index is 0.160. The molecule has 10 heteroatoms. The number of nitrogens with one attached hydrogen (secondary N) is 1. The lowest BCUT2D eigenvalue weighted by Crippen LogP contribution is -2.47. The molecular weight excluding hydrogens is 404 g/mol. The Labute approximate surface area is 177 Å². The third-order valence-electron chi connectivity index (χ3n) is 5.10. The van der Waals surface area contributed by atoms with Gasteiger partial charge >= 0.3 is 0 Å². The standard InChI is InChI=1S/C20H19ClN8O/c1-28-18(13-5-7-22-8-6-13)25-26-20(28)29-10-9-23-12-16(29)19-24-17(27-30-19)14-3-2-4-15(21)11-14/h2-8,11,16,23H,9-10,12H2,1H3. The molecule has 0 aliphatic carbocycles. The number of halogens is 1. The molecule has 0 bridgehead atoms. The first-order valence-electron chi connectivity index (χ1n) is 9.57. The highest BCUT2D eigenvalue weighted by Crippen LogP contribution is 2.30. The Hall–Kier alpha value is -3.30. The zero-order valence-electron chi connectivity index (χ0n) is 16.2. The van der Waals surface area contributed by atoms with Gasteiger partial charge in [0.2, 0.25) is 11.8 Å². The summed E-state index contributed by atoms with van der Waals surface area (Å²) in [5.74, 6) is 2.55. The molecule has 4 heterocycles. The van der Waals surface area contributed by atoms with Gasteiger partial charge in [0.15, 0.2) is 5.82 Å². The number of rotatable bonds is 4. The Kier molecular flexibility index (Phi) is 4.89. The van der Waals surface area contributed by atoms with E-state index >= 15 is 0 Å². The largest absolute Gasteiger partial charge is 0.337 e. The normalized spacial score (nSPS) is 16.7. The monoisotopic (exact) mass is 422 g/mol. The van der Waals surface area contributed by atoms with Crippen LogP contribution in [0.5, 0.6) is 0 Å². The van der Waals surface area contributed by atoms with Crippen molar-refractivity contribution in [2.45, 2.75) is 6.04 Å². The van der Waals surface area contributed by atoms with Crippen LogP contribution in [0.4, 0.5) is 5.95 Å². The Balaban J connectivity index is 1.47. The first-order chi connectivity index (χ1) is 14.7. The second-order valence-electron chi connectivity index (χ2n) is 7.00. The average molecular weight is 423 g/mol. The van der Waals surface area contributed by atoms with E-state index in [2.05, 4.69) is 35.5 Å². The van der Waals surface area contributed by atoms with Gasteiger partial charge in [-0.25, -0.2) is 0 Å². The smallest absolute Gasteiger partial charge is 0.251 e. The third kappa shape index (κ3) is 3.42. The molecule has 1 aliphatic heterocycles. The van der Waals surface area contributed by atoms with Gasteiger partial charge in [-0.15, -0.1) is 10.2 Å². The van der Waals surface area contributed by atoms with Crippen LogP contribution in [0.15, 0.2) is 53.3 Å². The van der Waals surface area contributed by atoms with Crippen molar-refractivity contribution in [2.24, 2.45) is 7.05 Å². The van der Waals surface area contributed by atoms with Gasteiger partial charge in [-0.3, -0.25) is 9.55 Å². The molecule has 1 fully saturated rings. The minimum atomic E-state index is -0.160. The lowest BCUT2D eigenvalue weighted by molar-refractivity contribution is 0.327. The number of pyridine rings is 1. The minimum Gasteiger partial charge on any atom is -0.337 e. The fourth-order valence-electron chi connectivity index (χ4n) is 3.60. The molecule has 4 aromatic rings. The molecule has 0 radical (unpaired) electrons. The number of hydrogen-bond acceptors (Lipinski definition) is 8. The summed E-state index contributed by atoms with van der Waals surface area (Å²) in [5, 5.41) is 17.0. The Bertz CT molecular complexity index is 1160. The molecule has 152 valence electrons. The number of nitrogens with zero attached hydrogens (tertiary/aromatic N) is 7. The molecule has 1 aromatic carbocycles. The van der Waals surface area contributed by atoms with Gasteiger partial charge in [-0.2, -0.15) is 4.98 Å². The molecule has 1 aliphatic rings. The Morgan fingerprint density at radius 3 is 2.83 bits per heavy atom. The van der Waals surface area contributed by atoms with Crippen LogP contribution in [0.1, 0.15) is 11.9 Å². The maximum Gasteiger partial charge on any atom is 0.251 e. The van der Waals surface area contributed by atoms with Crippen molar-refractivity contribution in [2.75, 3.05) is 24.5 Å². The van der Waals surface area contributed by atoms with E-state index in [-0.39, 0.29) is 6.04 Å². The zero-order valence-corrected chi connectivity index (χ0v) is 17.0. The van der Waals surface area contributed by atoms with Crippen LogP contribution in [-0.4, -0.2) is 49.5 Å². The van der Waals surface area contributed by atoms with Crippen molar-refractivity contribution in [3.63, 3.8) is 0 Å². The van der Waals surface area contributed by atoms with E-state index in [1.807, 2.05) is 48.0 Å². The first kappa shape index (κ1) is 18.7. The van der Waals surface area contributed by atoms with Crippen molar-refractivity contribution in [3.8, 4) is 22.8 Å². The SMILES string of the molecule is Cn1c(-c2ccncc2)nnc1N1CCNCC1c1nc(-c2cccc(Cl)c2)no1. The Morgan fingerprint density at radius 2 is 2.00 bits per heavy atom. The number of benzene rings is 1. The van der Waals surface area contributed by atoms with Gasteiger partial charge < -0.3 is 14.7 Å². The van der Waals surface area contributed by atoms with Crippen LogP contribution in [0.25, 0.3) is 22.8 Å². The number of anilines is 1. The molecule has 1 atom stereocenters. The van der Waals surface area contributed by atoms with Crippen LogP contribution >= 0.6 is 11.6 Å². The molecular formula is C20H19ClN8O. The zero-order chi connectivity index (χ0) is 20.5. The van der Waals surface area contributed by atoms with E-state index < -0.39 is 0 Å². The van der Waals surface area contributed by atoms with E-state index in [1.165, 1.54) is 0 Å². The van der Waals surface area contributed by atoms with Crippen LogP contribution in [0.2, 0.25) is 5.02 Å². The van der Waals surface area contributed by atoms with E-state index in [1.54, 1.807) is 12.4 Å². The molecule has 1 N–H and O–H groups in total. The highest BCUT2D eigenvalue weighted by Gasteiger charge is 2.32. The van der Waals surface area contributed by atoms with Crippen molar-refractivity contribution < 1.29 is 4.52 Å². The summed E-state index contributed by atoms with van der Waals surface area (Å²) in [7, 11) is 1.95.